The smallest absolute Gasteiger partial charge is 0.283 e. The van der Waals surface area contributed by atoms with Gasteiger partial charge in [-0.05, 0) is 32.0 Å². The summed E-state index contributed by atoms with van der Waals surface area (Å²) in [7, 11) is 0. The molecule has 0 unspecified atom stereocenters. The Morgan fingerprint density at radius 3 is 2.88 bits per heavy atom. The van der Waals surface area contributed by atoms with Gasteiger partial charge in [-0.15, -0.1) is 0 Å². The average Bonchev–Trinajstić information content (AvgIpc) is 2.94. The Balaban J connectivity index is 1.95. The van der Waals surface area contributed by atoms with Gasteiger partial charge in [-0.2, -0.15) is 0 Å². The maximum Gasteiger partial charge on any atom is 0.283 e. The molecule has 1 atom stereocenters. The summed E-state index contributed by atoms with van der Waals surface area (Å²) in [5, 5.41) is 14.1. The van der Waals surface area contributed by atoms with Gasteiger partial charge in [-0.3, -0.25) is 14.9 Å². The minimum atomic E-state index is -0.641. The lowest BCUT2D eigenvalue weighted by molar-refractivity contribution is -0.385. The number of amides is 1. The third kappa shape index (κ3) is 3.57. The zero-order valence-corrected chi connectivity index (χ0v) is 15.0. The summed E-state index contributed by atoms with van der Waals surface area (Å²) >= 11 is 5.80. The van der Waals surface area contributed by atoms with Crippen molar-refractivity contribution in [2.75, 3.05) is 11.9 Å². The van der Waals surface area contributed by atoms with Crippen LogP contribution in [0.3, 0.4) is 0 Å². The molecule has 0 bridgehead atoms. The molecule has 0 saturated heterocycles. The summed E-state index contributed by atoms with van der Waals surface area (Å²) in [6.07, 6.45) is 0.800. The molecule has 136 valence electrons. The van der Waals surface area contributed by atoms with Gasteiger partial charge < -0.3 is 14.8 Å². The van der Waals surface area contributed by atoms with E-state index in [4.69, 9.17) is 21.1 Å². The molecule has 2 aromatic rings. The van der Waals surface area contributed by atoms with Gasteiger partial charge in [0.05, 0.1) is 17.2 Å². The number of fused-ring (bicyclic) bond motifs is 1. The van der Waals surface area contributed by atoms with Gasteiger partial charge in [-0.1, -0.05) is 11.6 Å². The third-order valence-corrected chi connectivity index (χ3v) is 4.18. The summed E-state index contributed by atoms with van der Waals surface area (Å²) in [5.74, 6) is 0.538. The van der Waals surface area contributed by atoms with Gasteiger partial charge in [0.15, 0.2) is 0 Å². The van der Waals surface area contributed by atoms with Crippen molar-refractivity contribution in [3.05, 3.63) is 56.6 Å². The van der Waals surface area contributed by atoms with Crippen molar-refractivity contribution >= 4 is 28.9 Å². The highest BCUT2D eigenvalue weighted by Crippen LogP contribution is 2.38. The number of anilines is 1. The Bertz CT molecular complexity index is 884. The number of benzene rings is 2. The first-order valence-electron chi connectivity index (χ1n) is 8.10. The van der Waals surface area contributed by atoms with Gasteiger partial charge >= 0.3 is 0 Å². The lowest BCUT2D eigenvalue weighted by Crippen LogP contribution is -2.15. The highest BCUT2D eigenvalue weighted by atomic mass is 35.5. The van der Waals surface area contributed by atoms with Crippen LogP contribution in [-0.2, 0) is 6.42 Å². The van der Waals surface area contributed by atoms with Gasteiger partial charge in [0, 0.05) is 29.1 Å². The van der Waals surface area contributed by atoms with Crippen LogP contribution in [0.5, 0.6) is 11.5 Å². The topological polar surface area (TPSA) is 90.7 Å². The third-order valence-electron chi connectivity index (χ3n) is 3.95. The van der Waals surface area contributed by atoms with Crippen LogP contribution in [0, 0.1) is 10.1 Å². The molecule has 26 heavy (non-hydrogen) atoms. The van der Waals surface area contributed by atoms with Crippen LogP contribution in [0.15, 0.2) is 30.3 Å². The molecule has 1 heterocycles. The Hall–Kier alpha value is -2.80. The zero-order chi connectivity index (χ0) is 18.8. The molecule has 8 heteroatoms. The van der Waals surface area contributed by atoms with E-state index < -0.39 is 10.8 Å². The predicted octanol–water partition coefficient (Wildman–Crippen LogP) is 4.22. The zero-order valence-electron chi connectivity index (χ0n) is 14.2. The summed E-state index contributed by atoms with van der Waals surface area (Å²) < 4.78 is 11.3. The molecule has 7 nitrogen and oxygen atoms in total. The van der Waals surface area contributed by atoms with Crippen LogP contribution in [0.1, 0.15) is 29.8 Å². The number of nitrogens with zero attached hydrogens (tertiary/aromatic N) is 1. The molecule has 1 amide bonds. The van der Waals surface area contributed by atoms with Crippen molar-refractivity contribution in [3.8, 4) is 11.5 Å². The lowest BCUT2D eigenvalue weighted by atomic mass is 10.1. The normalized spacial score (nSPS) is 15.1. The fourth-order valence-corrected chi connectivity index (χ4v) is 3.02. The van der Waals surface area contributed by atoms with Crippen molar-refractivity contribution in [1.82, 2.24) is 0 Å². The number of hydrogen-bond donors (Lipinski definition) is 1. The van der Waals surface area contributed by atoms with Gasteiger partial charge in [0.1, 0.15) is 23.2 Å². The Kier molecular flexibility index (Phi) is 4.99. The average molecular weight is 377 g/mol. The summed E-state index contributed by atoms with van der Waals surface area (Å²) in [6.45, 7) is 4.21. The molecule has 0 radical (unpaired) electrons. The number of ether oxygens (including phenoxy) is 2. The van der Waals surface area contributed by atoms with Gasteiger partial charge in [0.2, 0.25) is 0 Å². The Morgan fingerprint density at radius 1 is 1.42 bits per heavy atom. The monoisotopic (exact) mass is 376 g/mol. The van der Waals surface area contributed by atoms with Crippen molar-refractivity contribution in [1.29, 1.82) is 0 Å². The highest BCUT2D eigenvalue weighted by molar-refractivity contribution is 6.31. The standard InChI is InChI=1S/C18H17ClN2O5/c1-3-25-17-7-11-6-10(2)26-16(11)9-14(17)20-18(22)13-5-4-12(19)8-15(13)21(23)24/h4-5,7-10H,3,6H2,1-2H3,(H,20,22)/t10-/m1/s1. The molecule has 0 aromatic heterocycles. The predicted molar refractivity (Wildman–Crippen MR) is 97.5 cm³/mol. The molecule has 2 aromatic carbocycles. The first kappa shape index (κ1) is 18.0. The molecule has 0 fully saturated rings. The van der Waals surface area contributed by atoms with E-state index in [0.29, 0.717) is 23.8 Å². The van der Waals surface area contributed by atoms with Gasteiger partial charge in [0.25, 0.3) is 11.6 Å². The molecule has 0 spiro atoms. The number of nitro benzene ring substituents is 1. The van der Waals surface area contributed by atoms with E-state index in [0.717, 1.165) is 18.1 Å². The van der Waals surface area contributed by atoms with E-state index in [-0.39, 0.29) is 22.4 Å². The molecular formula is C18H17ClN2O5. The largest absolute Gasteiger partial charge is 0.492 e. The number of hydrogen-bond acceptors (Lipinski definition) is 5. The molecule has 1 N–H and O–H groups in total. The lowest BCUT2D eigenvalue weighted by Gasteiger charge is -2.13. The quantitative estimate of drug-likeness (QED) is 0.623. The van der Waals surface area contributed by atoms with E-state index >= 15 is 0 Å². The van der Waals surface area contributed by atoms with E-state index in [1.54, 1.807) is 6.07 Å². The maximum atomic E-state index is 12.6. The van der Waals surface area contributed by atoms with Gasteiger partial charge in [-0.25, -0.2) is 0 Å². The van der Waals surface area contributed by atoms with Crippen LogP contribution < -0.4 is 14.8 Å². The van der Waals surface area contributed by atoms with Crippen LogP contribution >= 0.6 is 11.6 Å². The van der Waals surface area contributed by atoms with E-state index in [1.165, 1.54) is 12.1 Å². The van der Waals surface area contributed by atoms with E-state index in [9.17, 15) is 14.9 Å². The molecule has 3 rings (SSSR count). The fraction of sp³-hybridized carbons (Fsp3) is 0.278. The second kappa shape index (κ2) is 7.21. The minimum Gasteiger partial charge on any atom is -0.492 e. The molecular weight excluding hydrogens is 360 g/mol. The SMILES string of the molecule is CCOc1cc2c(cc1NC(=O)c1ccc(Cl)cc1[N+](=O)[O-])O[C@H](C)C2. The van der Waals surface area contributed by atoms with Crippen LogP contribution in [0.25, 0.3) is 0 Å². The van der Waals surface area contributed by atoms with Crippen LogP contribution in [0.4, 0.5) is 11.4 Å². The van der Waals surface area contributed by atoms with Crippen molar-refractivity contribution in [2.24, 2.45) is 0 Å². The summed E-state index contributed by atoms with van der Waals surface area (Å²) in [4.78, 5) is 23.2. The molecule has 0 saturated carbocycles. The number of nitrogens with one attached hydrogen (secondary N) is 1. The number of rotatable bonds is 5. The van der Waals surface area contributed by atoms with E-state index in [1.807, 2.05) is 19.9 Å². The number of halogens is 1. The van der Waals surface area contributed by atoms with E-state index in [2.05, 4.69) is 5.32 Å². The fourth-order valence-electron chi connectivity index (χ4n) is 2.85. The highest BCUT2D eigenvalue weighted by Gasteiger charge is 2.25. The first-order chi connectivity index (χ1) is 12.4. The Labute approximate surface area is 155 Å². The molecule has 1 aliphatic heterocycles. The van der Waals surface area contributed by atoms with Crippen molar-refractivity contribution < 1.29 is 19.2 Å². The number of carbonyl (C=O) groups is 1. The second-order valence-corrected chi connectivity index (χ2v) is 6.33. The number of nitro groups is 1. The first-order valence-corrected chi connectivity index (χ1v) is 8.48. The summed E-state index contributed by atoms with van der Waals surface area (Å²) in [6, 6.07) is 7.41. The number of carbonyl (C=O) groups excluding carboxylic acids is 1. The van der Waals surface area contributed by atoms with Crippen molar-refractivity contribution in [3.63, 3.8) is 0 Å². The molecule has 1 aliphatic rings. The second-order valence-electron chi connectivity index (χ2n) is 5.89. The van der Waals surface area contributed by atoms with Crippen LogP contribution in [-0.4, -0.2) is 23.5 Å². The maximum absolute atomic E-state index is 12.6. The minimum absolute atomic E-state index is 0.0442. The Morgan fingerprint density at radius 2 is 2.19 bits per heavy atom. The van der Waals surface area contributed by atoms with Crippen molar-refractivity contribution in [2.45, 2.75) is 26.4 Å². The molecule has 0 aliphatic carbocycles. The van der Waals surface area contributed by atoms with Crippen LogP contribution in [0.2, 0.25) is 5.02 Å². The summed E-state index contributed by atoms with van der Waals surface area (Å²) in [5.41, 5.74) is 0.945.